The van der Waals surface area contributed by atoms with Gasteiger partial charge in [0.1, 0.15) is 6.23 Å². The molecule has 1 aliphatic rings. The van der Waals surface area contributed by atoms with Crippen molar-refractivity contribution in [3.8, 4) is 0 Å². The maximum atomic E-state index is 13.6. The average molecular weight is 484 g/mol. The Hall–Kier alpha value is -2.64. The van der Waals surface area contributed by atoms with E-state index in [0.29, 0.717) is 17.9 Å². The summed E-state index contributed by atoms with van der Waals surface area (Å²) < 4.78 is 34.5. The van der Waals surface area contributed by atoms with Crippen molar-refractivity contribution in [2.45, 2.75) is 57.6 Å². The molecule has 0 spiro atoms. The molecule has 184 valence electrons. The van der Waals surface area contributed by atoms with Gasteiger partial charge in [0.15, 0.2) is 0 Å². The lowest BCUT2D eigenvalue weighted by Gasteiger charge is -2.29. The number of ether oxygens (including phenoxy) is 1. The Morgan fingerprint density at radius 1 is 1.15 bits per heavy atom. The van der Waals surface area contributed by atoms with Crippen molar-refractivity contribution < 1.29 is 13.2 Å². The Balaban J connectivity index is 1.87. The Bertz CT molecular complexity index is 1070. The van der Waals surface area contributed by atoms with E-state index in [1.165, 1.54) is 9.87 Å². The molecule has 0 saturated carbocycles. The van der Waals surface area contributed by atoms with Gasteiger partial charge in [0.25, 0.3) is 10.0 Å². The summed E-state index contributed by atoms with van der Waals surface area (Å²) in [6.45, 7) is 11.2. The minimum absolute atomic E-state index is 0.0490. The molecular formula is C27H37N3O3S. The predicted molar refractivity (Wildman–Crippen MR) is 140 cm³/mol. The SMILES string of the molecule is C=C/C(=N/N(C)C1CCCCO1)c1ccc(S(=O)(=O)N(CC(C)C)c2ccc(CC)cc2)cc1. The van der Waals surface area contributed by atoms with Crippen LogP contribution in [0.5, 0.6) is 0 Å². The van der Waals surface area contributed by atoms with E-state index in [2.05, 4.69) is 18.6 Å². The minimum atomic E-state index is -3.72. The molecule has 7 heteroatoms. The zero-order valence-corrected chi connectivity index (χ0v) is 21.6. The van der Waals surface area contributed by atoms with Crippen LogP contribution in [0, 0.1) is 5.92 Å². The third-order valence-corrected chi connectivity index (χ3v) is 7.74. The molecule has 0 aliphatic carbocycles. The van der Waals surface area contributed by atoms with Crippen molar-refractivity contribution in [3.05, 3.63) is 72.3 Å². The molecule has 1 saturated heterocycles. The number of hydrogen-bond donors (Lipinski definition) is 0. The quantitative estimate of drug-likeness (QED) is 0.333. The van der Waals surface area contributed by atoms with Gasteiger partial charge < -0.3 is 4.74 Å². The van der Waals surface area contributed by atoms with Crippen LogP contribution in [0.25, 0.3) is 0 Å². The second-order valence-corrected chi connectivity index (χ2v) is 10.9. The van der Waals surface area contributed by atoms with E-state index in [0.717, 1.165) is 37.9 Å². The topological polar surface area (TPSA) is 62.2 Å². The molecule has 0 bridgehead atoms. The lowest BCUT2D eigenvalue weighted by molar-refractivity contribution is -0.0742. The van der Waals surface area contributed by atoms with Gasteiger partial charge >= 0.3 is 0 Å². The molecule has 0 N–H and O–H groups in total. The largest absolute Gasteiger partial charge is 0.357 e. The zero-order chi connectivity index (χ0) is 24.7. The fourth-order valence-electron chi connectivity index (χ4n) is 3.97. The van der Waals surface area contributed by atoms with Crippen molar-refractivity contribution in [2.24, 2.45) is 11.0 Å². The third-order valence-electron chi connectivity index (χ3n) is 5.93. The fourth-order valence-corrected chi connectivity index (χ4v) is 5.59. The highest BCUT2D eigenvalue weighted by Gasteiger charge is 2.26. The van der Waals surface area contributed by atoms with Gasteiger partial charge in [0.2, 0.25) is 0 Å². The predicted octanol–water partition coefficient (Wildman–Crippen LogP) is 5.45. The summed E-state index contributed by atoms with van der Waals surface area (Å²) in [5, 5.41) is 6.49. The van der Waals surface area contributed by atoms with Gasteiger partial charge in [-0.3, -0.25) is 9.31 Å². The molecular weight excluding hydrogens is 446 g/mol. The summed E-state index contributed by atoms with van der Waals surface area (Å²) in [7, 11) is -1.83. The van der Waals surface area contributed by atoms with Crippen molar-refractivity contribution in [1.29, 1.82) is 0 Å². The van der Waals surface area contributed by atoms with E-state index in [-0.39, 0.29) is 17.0 Å². The van der Waals surface area contributed by atoms with Crippen LogP contribution in [0.2, 0.25) is 0 Å². The molecule has 6 nitrogen and oxygen atoms in total. The van der Waals surface area contributed by atoms with Crippen LogP contribution in [-0.4, -0.2) is 45.6 Å². The number of sulfonamides is 1. The number of nitrogens with zero attached hydrogens (tertiary/aromatic N) is 3. The van der Waals surface area contributed by atoms with E-state index in [4.69, 9.17) is 4.74 Å². The summed E-state index contributed by atoms with van der Waals surface area (Å²) in [5.74, 6) is 0.178. The maximum Gasteiger partial charge on any atom is 0.264 e. The number of aryl methyl sites for hydroxylation is 1. The molecule has 2 aromatic rings. The molecule has 3 rings (SSSR count). The summed E-state index contributed by atoms with van der Waals surface area (Å²) in [6.07, 6.45) is 5.68. The zero-order valence-electron chi connectivity index (χ0n) is 20.8. The Labute approximate surface area is 205 Å². The molecule has 1 unspecified atom stereocenters. The van der Waals surface area contributed by atoms with Gasteiger partial charge in [-0.1, -0.05) is 51.6 Å². The van der Waals surface area contributed by atoms with E-state index in [1.54, 1.807) is 30.3 Å². The molecule has 1 fully saturated rings. The average Bonchev–Trinajstić information content (AvgIpc) is 2.86. The van der Waals surface area contributed by atoms with E-state index < -0.39 is 10.0 Å². The smallest absolute Gasteiger partial charge is 0.264 e. The van der Waals surface area contributed by atoms with Crippen LogP contribution in [-0.2, 0) is 21.2 Å². The molecule has 34 heavy (non-hydrogen) atoms. The molecule has 2 aromatic carbocycles. The molecule has 1 aliphatic heterocycles. The number of rotatable bonds is 10. The van der Waals surface area contributed by atoms with Gasteiger partial charge in [0.05, 0.1) is 16.3 Å². The van der Waals surface area contributed by atoms with Crippen LogP contribution in [0.1, 0.15) is 51.2 Å². The fraction of sp³-hybridized carbons (Fsp3) is 0.444. The molecule has 1 atom stereocenters. The standard InChI is InChI=1S/C27H37N3O3S/c1-6-22-11-15-24(16-12-22)30(20-21(3)4)34(31,32)25-17-13-23(14-18-25)26(7-2)28-29(5)27-10-8-9-19-33-27/h7,11-18,21,27H,2,6,8-10,19-20H2,1,3-5H3/b28-26-. The lowest BCUT2D eigenvalue weighted by atomic mass is 10.1. The van der Waals surface area contributed by atoms with Gasteiger partial charge in [-0.25, -0.2) is 8.42 Å². The first-order chi connectivity index (χ1) is 16.3. The number of hydrazone groups is 1. The molecule has 0 amide bonds. The van der Waals surface area contributed by atoms with Crippen molar-refractivity contribution >= 4 is 21.4 Å². The monoisotopic (exact) mass is 483 g/mol. The van der Waals surface area contributed by atoms with Crippen LogP contribution < -0.4 is 4.31 Å². The van der Waals surface area contributed by atoms with Crippen LogP contribution in [0.3, 0.4) is 0 Å². The van der Waals surface area contributed by atoms with Gasteiger partial charge in [0, 0.05) is 25.8 Å². The number of hydrogen-bond acceptors (Lipinski definition) is 5. The number of benzene rings is 2. The van der Waals surface area contributed by atoms with Crippen LogP contribution >= 0.6 is 0 Å². The molecule has 0 aromatic heterocycles. The van der Waals surface area contributed by atoms with Gasteiger partial charge in [-0.2, -0.15) is 5.10 Å². The highest BCUT2D eigenvalue weighted by molar-refractivity contribution is 7.92. The first-order valence-electron chi connectivity index (χ1n) is 12.0. The first kappa shape index (κ1) is 26.0. The van der Waals surface area contributed by atoms with Gasteiger partial charge in [-0.15, -0.1) is 0 Å². The maximum absolute atomic E-state index is 13.6. The number of anilines is 1. The lowest BCUT2D eigenvalue weighted by Crippen LogP contribution is -2.34. The van der Waals surface area contributed by atoms with Crippen molar-refractivity contribution in [3.63, 3.8) is 0 Å². The van der Waals surface area contributed by atoms with E-state index in [1.807, 2.05) is 50.2 Å². The summed E-state index contributed by atoms with van der Waals surface area (Å²) in [6, 6.07) is 14.6. The second kappa shape index (κ2) is 11.7. The van der Waals surface area contributed by atoms with Crippen LogP contribution in [0.4, 0.5) is 5.69 Å². The van der Waals surface area contributed by atoms with E-state index >= 15 is 0 Å². The summed E-state index contributed by atoms with van der Waals surface area (Å²) >= 11 is 0. The number of allylic oxidation sites excluding steroid dienone is 1. The van der Waals surface area contributed by atoms with E-state index in [9.17, 15) is 8.42 Å². The summed E-state index contributed by atoms with van der Waals surface area (Å²) in [5.41, 5.74) is 3.33. The first-order valence-corrected chi connectivity index (χ1v) is 13.5. The molecule has 0 radical (unpaired) electrons. The Kier molecular flexibility index (Phi) is 8.91. The molecule has 1 heterocycles. The van der Waals surface area contributed by atoms with Crippen molar-refractivity contribution in [1.82, 2.24) is 5.01 Å². The summed E-state index contributed by atoms with van der Waals surface area (Å²) in [4.78, 5) is 0.254. The second-order valence-electron chi connectivity index (χ2n) is 9.06. The van der Waals surface area contributed by atoms with Crippen molar-refractivity contribution in [2.75, 3.05) is 24.5 Å². The third kappa shape index (κ3) is 6.27. The van der Waals surface area contributed by atoms with Crippen LogP contribution in [0.15, 0.2) is 71.2 Å². The Morgan fingerprint density at radius 2 is 1.82 bits per heavy atom. The Morgan fingerprint density at radius 3 is 2.35 bits per heavy atom. The highest BCUT2D eigenvalue weighted by Crippen LogP contribution is 2.26. The normalized spacial score (nSPS) is 17.0. The minimum Gasteiger partial charge on any atom is -0.357 e. The van der Waals surface area contributed by atoms with Gasteiger partial charge in [-0.05, 0) is 67.5 Å². The highest BCUT2D eigenvalue weighted by atomic mass is 32.2.